The van der Waals surface area contributed by atoms with Crippen molar-refractivity contribution in [1.29, 1.82) is 0 Å². The number of para-hydroxylation sites is 4. The second-order valence-electron chi connectivity index (χ2n) is 11.9. The Labute approximate surface area is 262 Å². The van der Waals surface area contributed by atoms with Crippen molar-refractivity contribution < 1.29 is 0 Å². The average molecular weight is 575 g/mol. The summed E-state index contributed by atoms with van der Waals surface area (Å²) in [6.07, 6.45) is 0. The normalized spacial score (nSPS) is 11.7. The van der Waals surface area contributed by atoms with Crippen LogP contribution in [0.2, 0.25) is 0 Å². The molecule has 0 radical (unpaired) electrons. The summed E-state index contributed by atoms with van der Waals surface area (Å²) < 4.78 is 4.77. The van der Waals surface area contributed by atoms with E-state index >= 15 is 0 Å². The molecule has 0 spiro atoms. The molecule has 9 aromatic rings. The molecule has 0 saturated carbocycles. The van der Waals surface area contributed by atoms with Crippen LogP contribution in [0.1, 0.15) is 5.56 Å². The first-order chi connectivity index (χ1) is 22.2. The van der Waals surface area contributed by atoms with Gasteiger partial charge in [-0.3, -0.25) is 0 Å². The van der Waals surface area contributed by atoms with Crippen LogP contribution in [-0.4, -0.2) is 9.13 Å². The van der Waals surface area contributed by atoms with Crippen molar-refractivity contribution in [2.45, 2.75) is 6.92 Å². The molecule has 0 unspecified atom stereocenters. The Morgan fingerprint density at radius 2 is 0.756 bits per heavy atom. The predicted octanol–water partition coefficient (Wildman–Crippen LogP) is 11.5. The number of nitrogens with zero attached hydrogens (tertiary/aromatic N) is 2. The Morgan fingerprint density at radius 3 is 1.27 bits per heavy atom. The molecular weight excluding hydrogens is 544 g/mol. The summed E-state index contributed by atoms with van der Waals surface area (Å²) in [7, 11) is 0. The van der Waals surface area contributed by atoms with Gasteiger partial charge in [0.2, 0.25) is 0 Å². The van der Waals surface area contributed by atoms with Crippen molar-refractivity contribution in [3.63, 3.8) is 0 Å². The molecule has 2 nitrogen and oxygen atoms in total. The van der Waals surface area contributed by atoms with Crippen molar-refractivity contribution >= 4 is 43.6 Å². The van der Waals surface area contributed by atoms with Gasteiger partial charge >= 0.3 is 0 Å². The minimum absolute atomic E-state index is 1.17. The predicted molar refractivity (Wildman–Crippen MR) is 191 cm³/mol. The van der Waals surface area contributed by atoms with Gasteiger partial charge in [0.1, 0.15) is 0 Å². The zero-order chi connectivity index (χ0) is 29.9. The van der Waals surface area contributed by atoms with Gasteiger partial charge in [-0.15, -0.1) is 0 Å². The monoisotopic (exact) mass is 574 g/mol. The molecule has 2 heteroatoms. The van der Waals surface area contributed by atoms with Gasteiger partial charge in [-0.05, 0) is 89.3 Å². The zero-order valence-electron chi connectivity index (χ0n) is 25.0. The number of hydrogen-bond acceptors (Lipinski definition) is 0. The molecule has 0 aliphatic rings. The van der Waals surface area contributed by atoms with Crippen molar-refractivity contribution in [1.82, 2.24) is 9.13 Å². The highest BCUT2D eigenvalue weighted by Crippen LogP contribution is 2.36. The van der Waals surface area contributed by atoms with Crippen LogP contribution in [0.4, 0.5) is 0 Å². The van der Waals surface area contributed by atoms with Crippen LogP contribution in [0.25, 0.3) is 77.2 Å². The summed E-state index contributed by atoms with van der Waals surface area (Å²) in [5.74, 6) is 0. The van der Waals surface area contributed by atoms with Gasteiger partial charge < -0.3 is 9.13 Å². The number of hydrogen-bond donors (Lipinski definition) is 0. The van der Waals surface area contributed by atoms with Crippen molar-refractivity contribution in [3.05, 3.63) is 169 Å². The summed E-state index contributed by atoms with van der Waals surface area (Å²) in [5.41, 5.74) is 13.4. The van der Waals surface area contributed by atoms with Crippen LogP contribution in [0.3, 0.4) is 0 Å². The maximum atomic E-state index is 2.40. The van der Waals surface area contributed by atoms with E-state index in [0.29, 0.717) is 0 Å². The summed E-state index contributed by atoms with van der Waals surface area (Å²) in [4.78, 5) is 0. The minimum Gasteiger partial charge on any atom is -0.309 e. The molecule has 9 rings (SSSR count). The standard InChI is InChI=1S/C43H30N2/c1-29-27-33(23-26-39(29)45-42-19-8-4-15-37(42)38-16-5-9-20-43(38)45)32-12-10-11-31(28-32)30-21-24-34(25-22-30)44-40-17-6-2-13-35(40)36-14-3-7-18-41(36)44/h2-28H,1H3. The molecule has 0 aliphatic carbocycles. The second kappa shape index (κ2) is 10.1. The maximum absolute atomic E-state index is 2.40. The summed E-state index contributed by atoms with van der Waals surface area (Å²) in [6.45, 7) is 2.22. The Kier molecular flexibility index (Phi) is 5.76. The number of aromatic nitrogens is 2. The van der Waals surface area contributed by atoms with E-state index < -0.39 is 0 Å². The third-order valence-electron chi connectivity index (χ3n) is 9.25. The van der Waals surface area contributed by atoms with Crippen LogP contribution in [0.5, 0.6) is 0 Å². The lowest BCUT2D eigenvalue weighted by molar-refractivity contribution is 1.15. The van der Waals surface area contributed by atoms with Crippen LogP contribution >= 0.6 is 0 Å². The summed E-state index contributed by atoms with van der Waals surface area (Å²) in [5, 5.41) is 5.13. The molecule has 2 heterocycles. The lowest BCUT2D eigenvalue weighted by atomic mass is 9.97. The first-order valence-corrected chi connectivity index (χ1v) is 15.5. The van der Waals surface area contributed by atoms with E-state index in [4.69, 9.17) is 0 Å². The largest absolute Gasteiger partial charge is 0.309 e. The van der Waals surface area contributed by atoms with E-state index in [-0.39, 0.29) is 0 Å². The average Bonchev–Trinajstić information content (AvgIpc) is 3.62. The van der Waals surface area contributed by atoms with Crippen molar-refractivity contribution in [3.8, 4) is 33.6 Å². The third kappa shape index (κ3) is 4.03. The fourth-order valence-corrected chi connectivity index (χ4v) is 7.15. The summed E-state index contributed by atoms with van der Waals surface area (Å²) >= 11 is 0. The van der Waals surface area contributed by atoms with Gasteiger partial charge in [-0.1, -0.05) is 109 Å². The van der Waals surface area contributed by atoms with Crippen LogP contribution in [0.15, 0.2) is 164 Å². The van der Waals surface area contributed by atoms with E-state index in [9.17, 15) is 0 Å². The molecular formula is C43H30N2. The molecule has 0 N–H and O–H groups in total. The molecule has 45 heavy (non-hydrogen) atoms. The fraction of sp³-hybridized carbons (Fsp3) is 0.0233. The van der Waals surface area contributed by atoms with Crippen LogP contribution in [-0.2, 0) is 0 Å². The molecule has 0 amide bonds. The Hall–Kier alpha value is -5.86. The second-order valence-corrected chi connectivity index (χ2v) is 11.9. The Balaban J connectivity index is 1.08. The third-order valence-corrected chi connectivity index (χ3v) is 9.25. The highest BCUT2D eigenvalue weighted by molar-refractivity contribution is 6.10. The van der Waals surface area contributed by atoms with Gasteiger partial charge in [0.15, 0.2) is 0 Å². The minimum atomic E-state index is 1.17. The van der Waals surface area contributed by atoms with Crippen LogP contribution < -0.4 is 0 Å². The van der Waals surface area contributed by atoms with Crippen LogP contribution in [0, 0.1) is 6.92 Å². The fourth-order valence-electron chi connectivity index (χ4n) is 7.15. The van der Waals surface area contributed by atoms with E-state index in [2.05, 4.69) is 180 Å². The maximum Gasteiger partial charge on any atom is 0.0541 e. The number of fused-ring (bicyclic) bond motifs is 6. The quantitative estimate of drug-likeness (QED) is 0.198. The Morgan fingerprint density at radius 1 is 0.333 bits per heavy atom. The van der Waals surface area contributed by atoms with Crippen molar-refractivity contribution in [2.75, 3.05) is 0 Å². The zero-order valence-corrected chi connectivity index (χ0v) is 25.0. The smallest absolute Gasteiger partial charge is 0.0541 e. The van der Waals surface area contributed by atoms with E-state index in [1.54, 1.807) is 0 Å². The number of rotatable bonds is 4. The van der Waals surface area contributed by atoms with Gasteiger partial charge in [0.25, 0.3) is 0 Å². The first-order valence-electron chi connectivity index (χ1n) is 15.5. The molecule has 0 bridgehead atoms. The van der Waals surface area contributed by atoms with Crippen molar-refractivity contribution in [2.24, 2.45) is 0 Å². The topological polar surface area (TPSA) is 9.86 Å². The SMILES string of the molecule is Cc1cc(-c2cccc(-c3ccc(-n4c5ccccc5c5ccccc54)cc3)c2)ccc1-n1c2ccccc2c2ccccc21. The van der Waals surface area contributed by atoms with Gasteiger partial charge in [-0.25, -0.2) is 0 Å². The highest BCUT2D eigenvalue weighted by Gasteiger charge is 2.14. The Bertz CT molecular complexity index is 2440. The van der Waals surface area contributed by atoms with Gasteiger partial charge in [-0.2, -0.15) is 0 Å². The molecule has 2 aromatic heterocycles. The molecule has 212 valence electrons. The molecule has 0 saturated heterocycles. The van der Waals surface area contributed by atoms with E-state index in [1.165, 1.54) is 82.8 Å². The number of aryl methyl sites for hydroxylation is 1. The van der Waals surface area contributed by atoms with Gasteiger partial charge in [0.05, 0.1) is 22.1 Å². The lowest BCUT2D eigenvalue weighted by Crippen LogP contribution is -1.97. The highest BCUT2D eigenvalue weighted by atomic mass is 15.0. The molecule has 0 aliphatic heterocycles. The molecule has 7 aromatic carbocycles. The van der Waals surface area contributed by atoms with E-state index in [1.807, 2.05) is 0 Å². The molecule has 0 fully saturated rings. The lowest BCUT2D eigenvalue weighted by Gasteiger charge is -2.14. The molecule has 0 atom stereocenters. The van der Waals surface area contributed by atoms with E-state index in [0.717, 1.165) is 0 Å². The summed E-state index contributed by atoms with van der Waals surface area (Å²) in [6, 6.07) is 59.4. The van der Waals surface area contributed by atoms with Gasteiger partial charge in [0, 0.05) is 32.9 Å². The number of benzene rings is 7. The first kappa shape index (κ1) is 25.6.